The summed E-state index contributed by atoms with van der Waals surface area (Å²) in [5.74, 6) is -5.59. The molecule has 12 heteroatoms. The second kappa shape index (κ2) is 10.9. The molecule has 0 unspecified atom stereocenters. The summed E-state index contributed by atoms with van der Waals surface area (Å²) in [4.78, 5) is 74.0. The van der Waals surface area contributed by atoms with Gasteiger partial charge in [-0.15, -0.1) is 0 Å². The molecule has 2 aliphatic rings. The van der Waals surface area contributed by atoms with Crippen molar-refractivity contribution in [1.82, 2.24) is 5.32 Å². The van der Waals surface area contributed by atoms with Crippen LogP contribution in [0.5, 0.6) is 0 Å². The number of fused-ring (bicyclic) bond motifs is 2. The van der Waals surface area contributed by atoms with Crippen molar-refractivity contribution in [1.29, 1.82) is 0 Å². The lowest BCUT2D eigenvalue weighted by molar-refractivity contribution is -0.142. The fraction of sp³-hybridized carbons (Fsp3) is 0.231. The average molecular weight is 520 g/mol. The molecule has 0 spiro atoms. The number of nitrogens with one attached hydrogen (secondary N) is 5. The second-order valence-electron chi connectivity index (χ2n) is 8.81. The number of amides is 5. The Balaban J connectivity index is 1.48. The highest BCUT2D eigenvalue weighted by molar-refractivity contribution is 6.24. The Bertz CT molecular complexity index is 1300. The third kappa shape index (κ3) is 6.03. The van der Waals surface area contributed by atoms with E-state index in [4.69, 9.17) is 4.74 Å². The number of anilines is 4. The molecular weight excluding hydrogens is 494 g/mol. The van der Waals surface area contributed by atoms with E-state index in [2.05, 4.69) is 33.2 Å². The lowest BCUT2D eigenvalue weighted by Gasteiger charge is -2.17. The molecule has 12 nitrogen and oxygen atoms in total. The summed E-state index contributed by atoms with van der Waals surface area (Å²) in [5.41, 5.74) is 3.30. The molecule has 2 aromatic rings. The van der Waals surface area contributed by atoms with E-state index in [0.29, 0.717) is 11.4 Å². The number of hydrogen-bond acceptors (Lipinski definition) is 7. The summed E-state index contributed by atoms with van der Waals surface area (Å²) >= 11 is 0. The molecule has 5 amide bonds. The normalized spacial score (nSPS) is 13.1. The minimum atomic E-state index is -1.82. The van der Waals surface area contributed by atoms with Gasteiger partial charge < -0.3 is 31.3 Å². The van der Waals surface area contributed by atoms with Crippen molar-refractivity contribution >= 4 is 58.3 Å². The number of carbonyl (C=O) groups is 6. The number of rotatable bonds is 9. The fourth-order valence-electron chi connectivity index (χ4n) is 3.91. The fourth-order valence-corrected chi connectivity index (χ4v) is 3.91. The van der Waals surface area contributed by atoms with Crippen LogP contribution in [0.4, 0.5) is 22.7 Å². The minimum absolute atomic E-state index is 0.148. The zero-order valence-corrected chi connectivity index (χ0v) is 20.4. The Hall–Kier alpha value is -5.00. The van der Waals surface area contributed by atoms with E-state index >= 15 is 0 Å². The molecule has 0 saturated heterocycles. The molecule has 5 N–H and O–H groups in total. The molecule has 2 aromatic carbocycles. The van der Waals surface area contributed by atoms with Crippen molar-refractivity contribution in [3.63, 3.8) is 0 Å². The van der Waals surface area contributed by atoms with Crippen molar-refractivity contribution in [2.24, 2.45) is 5.92 Å². The zero-order chi connectivity index (χ0) is 27.4. The zero-order valence-electron chi connectivity index (χ0n) is 20.4. The highest BCUT2D eigenvalue weighted by atomic mass is 16.5. The van der Waals surface area contributed by atoms with Crippen LogP contribution in [0, 0.1) is 5.92 Å². The van der Waals surface area contributed by atoms with E-state index in [9.17, 15) is 28.8 Å². The summed E-state index contributed by atoms with van der Waals surface area (Å²) in [6.45, 7) is 4.59. The predicted octanol–water partition coefficient (Wildman–Crippen LogP) is 1.10. The van der Waals surface area contributed by atoms with E-state index in [1.54, 1.807) is 24.3 Å². The Morgan fingerprint density at radius 1 is 0.868 bits per heavy atom. The van der Waals surface area contributed by atoms with E-state index in [-0.39, 0.29) is 54.8 Å². The topological polar surface area (TPSA) is 172 Å². The summed E-state index contributed by atoms with van der Waals surface area (Å²) in [5, 5.41) is 12.8. The van der Waals surface area contributed by atoms with Crippen LogP contribution in [0.2, 0.25) is 0 Å². The second-order valence-corrected chi connectivity index (χ2v) is 8.81. The van der Waals surface area contributed by atoms with E-state index in [0.717, 1.165) is 11.1 Å². The maximum atomic E-state index is 13.1. The van der Waals surface area contributed by atoms with Crippen molar-refractivity contribution in [3.05, 3.63) is 59.7 Å². The van der Waals surface area contributed by atoms with Crippen molar-refractivity contribution in [2.45, 2.75) is 19.8 Å². The standard InChI is InChI=1S/C26H25N5O7/c1-13(2)26(37)38-8-7-27-23(34)22(24(35)28-16-5-3-14-9-20(32)30-18(14)11-16)25(36)29-17-6-4-15-10-21(33)31-19(15)12-17/h3-6,11-12,22H,1,7-10H2,2H3,(H,27,34)(H,28,35)(H,29,36)(H,30,32)(H,31,33). The number of benzene rings is 2. The summed E-state index contributed by atoms with van der Waals surface area (Å²) in [6, 6.07) is 9.50. The number of hydrogen-bond donors (Lipinski definition) is 5. The van der Waals surface area contributed by atoms with Crippen LogP contribution in [0.25, 0.3) is 0 Å². The van der Waals surface area contributed by atoms with Crippen LogP contribution in [0.1, 0.15) is 18.1 Å². The highest BCUT2D eigenvalue weighted by Crippen LogP contribution is 2.28. The molecule has 2 aliphatic heterocycles. The van der Waals surface area contributed by atoms with Gasteiger partial charge in [0.05, 0.1) is 19.4 Å². The first-order chi connectivity index (χ1) is 18.1. The van der Waals surface area contributed by atoms with Crippen LogP contribution in [0.15, 0.2) is 48.6 Å². The van der Waals surface area contributed by atoms with Gasteiger partial charge in [-0.3, -0.25) is 24.0 Å². The third-order valence-corrected chi connectivity index (χ3v) is 5.77. The van der Waals surface area contributed by atoms with E-state index in [1.807, 2.05) is 0 Å². The van der Waals surface area contributed by atoms with Gasteiger partial charge in [0.1, 0.15) is 6.61 Å². The number of carbonyl (C=O) groups excluding carboxylic acids is 6. The summed E-state index contributed by atoms with van der Waals surface area (Å²) in [6.07, 6.45) is 0.433. The van der Waals surface area contributed by atoms with E-state index < -0.39 is 29.6 Å². The first-order valence-electron chi connectivity index (χ1n) is 11.7. The smallest absolute Gasteiger partial charge is 0.333 e. The third-order valence-electron chi connectivity index (χ3n) is 5.77. The summed E-state index contributed by atoms with van der Waals surface area (Å²) in [7, 11) is 0. The SMILES string of the molecule is C=C(C)C(=O)OCCNC(=O)C(C(=O)Nc1ccc2c(c1)NC(=O)C2)C(=O)Nc1ccc2c(c1)NC(=O)C2. The van der Waals surface area contributed by atoms with Gasteiger partial charge in [-0.1, -0.05) is 18.7 Å². The molecule has 196 valence electrons. The van der Waals surface area contributed by atoms with Gasteiger partial charge in [0.15, 0.2) is 5.92 Å². The summed E-state index contributed by atoms with van der Waals surface area (Å²) < 4.78 is 4.93. The molecule has 0 fully saturated rings. The Morgan fingerprint density at radius 3 is 1.84 bits per heavy atom. The monoisotopic (exact) mass is 519 g/mol. The van der Waals surface area contributed by atoms with Gasteiger partial charge in [-0.05, 0) is 42.3 Å². The molecule has 0 bridgehead atoms. The van der Waals surface area contributed by atoms with Gasteiger partial charge in [-0.2, -0.15) is 0 Å². The highest BCUT2D eigenvalue weighted by Gasteiger charge is 2.35. The minimum Gasteiger partial charge on any atom is -0.460 e. The lowest BCUT2D eigenvalue weighted by Crippen LogP contribution is -2.46. The number of ether oxygens (including phenoxy) is 1. The molecule has 0 radical (unpaired) electrons. The van der Waals surface area contributed by atoms with Crippen molar-refractivity contribution < 1.29 is 33.5 Å². The molecule has 0 atom stereocenters. The molecule has 2 heterocycles. The van der Waals surface area contributed by atoms with Crippen LogP contribution >= 0.6 is 0 Å². The van der Waals surface area contributed by atoms with Crippen molar-refractivity contribution in [2.75, 3.05) is 34.4 Å². The molecule has 38 heavy (non-hydrogen) atoms. The van der Waals surface area contributed by atoms with Gasteiger partial charge in [-0.25, -0.2) is 4.79 Å². The largest absolute Gasteiger partial charge is 0.460 e. The molecule has 0 saturated carbocycles. The van der Waals surface area contributed by atoms with Gasteiger partial charge in [0.2, 0.25) is 29.5 Å². The lowest BCUT2D eigenvalue weighted by atomic mass is 10.1. The molecule has 0 aliphatic carbocycles. The van der Waals surface area contributed by atoms with Crippen LogP contribution < -0.4 is 26.6 Å². The van der Waals surface area contributed by atoms with Gasteiger partial charge in [0.25, 0.3) is 0 Å². The van der Waals surface area contributed by atoms with Crippen molar-refractivity contribution in [3.8, 4) is 0 Å². The molecule has 0 aromatic heterocycles. The Kier molecular flexibility index (Phi) is 7.51. The number of esters is 1. The van der Waals surface area contributed by atoms with Crippen LogP contribution in [0.3, 0.4) is 0 Å². The van der Waals surface area contributed by atoms with Crippen LogP contribution in [-0.2, 0) is 46.3 Å². The van der Waals surface area contributed by atoms with Gasteiger partial charge in [0, 0.05) is 28.3 Å². The Morgan fingerprint density at radius 2 is 1.37 bits per heavy atom. The Labute approximate surface area is 217 Å². The van der Waals surface area contributed by atoms with E-state index in [1.165, 1.54) is 19.1 Å². The first-order valence-corrected chi connectivity index (χ1v) is 11.7. The maximum absolute atomic E-state index is 13.1. The predicted molar refractivity (Wildman–Crippen MR) is 137 cm³/mol. The average Bonchev–Trinajstić information content (AvgIpc) is 3.41. The van der Waals surface area contributed by atoms with Crippen LogP contribution in [-0.4, -0.2) is 48.7 Å². The molecule has 4 rings (SSSR count). The quantitative estimate of drug-likeness (QED) is 0.143. The maximum Gasteiger partial charge on any atom is 0.333 e. The van der Waals surface area contributed by atoms with Gasteiger partial charge >= 0.3 is 5.97 Å². The first kappa shape index (κ1) is 26.1. The molecular formula is C26H25N5O7.